The average Bonchev–Trinajstić information content (AvgIpc) is 2.76. The lowest BCUT2D eigenvalue weighted by atomic mass is 10.2. The molecule has 96 valence electrons. The monoisotopic (exact) mass is 281 g/mol. The molecule has 1 aromatic heterocycles. The highest BCUT2D eigenvalue weighted by Gasteiger charge is 2.12. The van der Waals surface area contributed by atoms with Crippen molar-refractivity contribution in [3.8, 4) is 5.75 Å². The molecule has 1 aromatic carbocycles. The van der Waals surface area contributed by atoms with Crippen molar-refractivity contribution < 1.29 is 4.74 Å². The molecule has 0 amide bonds. The van der Waals surface area contributed by atoms with Gasteiger partial charge < -0.3 is 10.1 Å². The van der Waals surface area contributed by atoms with Crippen LogP contribution in [-0.4, -0.2) is 7.11 Å². The number of nitrogens with one attached hydrogen (secondary N) is 1. The molecule has 2 rings (SSSR count). The van der Waals surface area contributed by atoms with Gasteiger partial charge in [-0.2, -0.15) is 0 Å². The molecule has 1 atom stereocenters. The van der Waals surface area contributed by atoms with Gasteiger partial charge in [0.1, 0.15) is 5.75 Å². The van der Waals surface area contributed by atoms with Gasteiger partial charge >= 0.3 is 0 Å². The van der Waals surface area contributed by atoms with Gasteiger partial charge in [-0.3, -0.25) is 0 Å². The Balaban J connectivity index is 2.23. The molecule has 1 N–H and O–H groups in total. The molecule has 0 radical (unpaired) electrons. The SMILES string of the molecule is COc1ccc(Cl)cc1NC(C)c1sccc1C. The van der Waals surface area contributed by atoms with E-state index in [0.29, 0.717) is 5.02 Å². The van der Waals surface area contributed by atoms with Gasteiger partial charge in [0.25, 0.3) is 0 Å². The summed E-state index contributed by atoms with van der Waals surface area (Å²) in [5.41, 5.74) is 2.23. The predicted octanol–water partition coefficient (Wildman–Crippen LogP) is 4.89. The molecule has 0 fully saturated rings. The number of halogens is 1. The van der Waals surface area contributed by atoms with Gasteiger partial charge in [-0.05, 0) is 49.1 Å². The summed E-state index contributed by atoms with van der Waals surface area (Å²) in [7, 11) is 1.66. The molecule has 0 saturated heterocycles. The number of hydrogen-bond acceptors (Lipinski definition) is 3. The summed E-state index contributed by atoms with van der Waals surface area (Å²) in [6.07, 6.45) is 0. The molecule has 0 bridgehead atoms. The minimum Gasteiger partial charge on any atom is -0.495 e. The van der Waals surface area contributed by atoms with Crippen LogP contribution < -0.4 is 10.1 Å². The number of aryl methyl sites for hydroxylation is 1. The van der Waals surface area contributed by atoms with E-state index in [1.165, 1.54) is 10.4 Å². The molecule has 0 spiro atoms. The third-order valence-electron chi connectivity index (χ3n) is 2.83. The summed E-state index contributed by atoms with van der Waals surface area (Å²) in [5, 5.41) is 6.26. The van der Waals surface area contributed by atoms with Crippen LogP contribution in [-0.2, 0) is 0 Å². The van der Waals surface area contributed by atoms with Crippen LogP contribution >= 0.6 is 22.9 Å². The second-order valence-corrected chi connectivity index (χ2v) is 5.56. The van der Waals surface area contributed by atoms with Crippen molar-refractivity contribution in [3.63, 3.8) is 0 Å². The summed E-state index contributed by atoms with van der Waals surface area (Å²) in [5.74, 6) is 0.806. The minimum atomic E-state index is 0.234. The van der Waals surface area contributed by atoms with Crippen molar-refractivity contribution in [2.45, 2.75) is 19.9 Å². The third-order valence-corrected chi connectivity index (χ3v) is 4.27. The van der Waals surface area contributed by atoms with Crippen LogP contribution in [0.1, 0.15) is 23.4 Å². The molecular weight excluding hydrogens is 266 g/mol. The topological polar surface area (TPSA) is 21.3 Å². The van der Waals surface area contributed by atoms with Gasteiger partial charge in [0.05, 0.1) is 18.8 Å². The fourth-order valence-electron chi connectivity index (χ4n) is 1.92. The molecule has 0 aliphatic heterocycles. The standard InChI is InChI=1S/C14H16ClNOS/c1-9-6-7-18-14(9)10(2)16-12-8-11(15)4-5-13(12)17-3/h4-8,10,16H,1-3H3. The molecule has 0 saturated carbocycles. The Morgan fingerprint density at radius 2 is 2.11 bits per heavy atom. The van der Waals surface area contributed by atoms with Crippen molar-refractivity contribution in [2.24, 2.45) is 0 Å². The highest BCUT2D eigenvalue weighted by atomic mass is 35.5. The van der Waals surface area contributed by atoms with Gasteiger partial charge in [-0.1, -0.05) is 11.6 Å². The Labute approximate surface area is 117 Å². The van der Waals surface area contributed by atoms with E-state index in [9.17, 15) is 0 Å². The van der Waals surface area contributed by atoms with Gasteiger partial charge in [-0.25, -0.2) is 0 Å². The quantitative estimate of drug-likeness (QED) is 0.861. The smallest absolute Gasteiger partial charge is 0.142 e. The number of hydrogen-bond donors (Lipinski definition) is 1. The fraction of sp³-hybridized carbons (Fsp3) is 0.286. The highest BCUT2D eigenvalue weighted by molar-refractivity contribution is 7.10. The minimum absolute atomic E-state index is 0.234. The van der Waals surface area contributed by atoms with Crippen molar-refractivity contribution in [3.05, 3.63) is 45.1 Å². The first kappa shape index (κ1) is 13.2. The predicted molar refractivity (Wildman–Crippen MR) is 79.1 cm³/mol. The van der Waals surface area contributed by atoms with Crippen LogP contribution in [0.4, 0.5) is 5.69 Å². The normalized spacial score (nSPS) is 12.2. The fourth-order valence-corrected chi connectivity index (χ4v) is 3.03. The zero-order valence-corrected chi connectivity index (χ0v) is 12.2. The van der Waals surface area contributed by atoms with Gasteiger partial charge in [0.2, 0.25) is 0 Å². The number of rotatable bonds is 4. The number of benzene rings is 1. The van der Waals surface area contributed by atoms with Gasteiger partial charge in [0.15, 0.2) is 0 Å². The largest absolute Gasteiger partial charge is 0.495 e. The molecule has 2 nitrogen and oxygen atoms in total. The van der Waals surface area contributed by atoms with Crippen molar-refractivity contribution >= 4 is 28.6 Å². The Hall–Kier alpha value is -1.19. The van der Waals surface area contributed by atoms with E-state index in [0.717, 1.165) is 11.4 Å². The molecule has 18 heavy (non-hydrogen) atoms. The molecule has 2 aromatic rings. The van der Waals surface area contributed by atoms with Crippen molar-refractivity contribution in [1.29, 1.82) is 0 Å². The average molecular weight is 282 g/mol. The molecule has 1 unspecified atom stereocenters. The van der Waals surface area contributed by atoms with E-state index in [-0.39, 0.29) is 6.04 Å². The van der Waals surface area contributed by atoms with E-state index in [2.05, 4.69) is 30.6 Å². The van der Waals surface area contributed by atoms with Gasteiger partial charge in [0, 0.05) is 9.90 Å². The Morgan fingerprint density at radius 3 is 2.72 bits per heavy atom. The number of anilines is 1. The van der Waals surface area contributed by atoms with E-state index in [4.69, 9.17) is 16.3 Å². The van der Waals surface area contributed by atoms with Crippen LogP contribution in [0.3, 0.4) is 0 Å². The third kappa shape index (κ3) is 2.79. The number of ether oxygens (including phenoxy) is 1. The summed E-state index contributed by atoms with van der Waals surface area (Å²) in [6.45, 7) is 4.26. The van der Waals surface area contributed by atoms with Crippen LogP contribution in [0.25, 0.3) is 0 Å². The maximum atomic E-state index is 6.02. The first-order valence-electron chi connectivity index (χ1n) is 5.76. The summed E-state index contributed by atoms with van der Waals surface area (Å²) < 4.78 is 5.33. The second-order valence-electron chi connectivity index (χ2n) is 4.18. The first-order valence-corrected chi connectivity index (χ1v) is 7.01. The Bertz CT molecular complexity index is 538. The molecule has 4 heteroatoms. The Kier molecular flexibility index (Phi) is 4.15. The summed E-state index contributed by atoms with van der Waals surface area (Å²) in [6, 6.07) is 7.95. The van der Waals surface area contributed by atoms with E-state index in [1.54, 1.807) is 18.4 Å². The van der Waals surface area contributed by atoms with Gasteiger partial charge in [-0.15, -0.1) is 11.3 Å². The maximum absolute atomic E-state index is 6.02. The van der Waals surface area contributed by atoms with Crippen LogP contribution in [0, 0.1) is 6.92 Å². The first-order chi connectivity index (χ1) is 8.61. The van der Waals surface area contributed by atoms with Crippen LogP contribution in [0.15, 0.2) is 29.6 Å². The number of methoxy groups -OCH3 is 1. The molecule has 1 heterocycles. The summed E-state index contributed by atoms with van der Waals surface area (Å²) in [4.78, 5) is 1.33. The zero-order chi connectivity index (χ0) is 13.1. The number of thiophene rings is 1. The lowest BCUT2D eigenvalue weighted by molar-refractivity contribution is 0.416. The lowest BCUT2D eigenvalue weighted by Gasteiger charge is -2.17. The van der Waals surface area contributed by atoms with E-state index < -0.39 is 0 Å². The highest BCUT2D eigenvalue weighted by Crippen LogP contribution is 2.33. The van der Waals surface area contributed by atoms with E-state index in [1.807, 2.05) is 18.2 Å². The van der Waals surface area contributed by atoms with E-state index >= 15 is 0 Å². The van der Waals surface area contributed by atoms with Crippen molar-refractivity contribution in [1.82, 2.24) is 0 Å². The summed E-state index contributed by atoms with van der Waals surface area (Å²) >= 11 is 7.78. The lowest BCUT2D eigenvalue weighted by Crippen LogP contribution is -2.07. The van der Waals surface area contributed by atoms with Crippen LogP contribution in [0.5, 0.6) is 5.75 Å². The maximum Gasteiger partial charge on any atom is 0.142 e. The van der Waals surface area contributed by atoms with Crippen molar-refractivity contribution in [2.75, 3.05) is 12.4 Å². The second kappa shape index (κ2) is 5.63. The zero-order valence-electron chi connectivity index (χ0n) is 10.7. The van der Waals surface area contributed by atoms with Crippen LogP contribution in [0.2, 0.25) is 5.02 Å². The molecular formula is C14H16ClNOS. The Morgan fingerprint density at radius 1 is 1.33 bits per heavy atom. The molecule has 0 aliphatic rings. The molecule has 0 aliphatic carbocycles.